The Morgan fingerprint density at radius 1 is 1.24 bits per heavy atom. The maximum absolute atomic E-state index is 11.7. The Balaban J connectivity index is 2.59. The first-order chi connectivity index (χ1) is 7.89. The molecule has 0 N–H and O–H groups in total. The van der Waals surface area contributed by atoms with Crippen molar-refractivity contribution in [3.63, 3.8) is 0 Å². The van der Waals surface area contributed by atoms with Crippen LogP contribution < -0.4 is 4.46 Å². The molecule has 0 saturated carbocycles. The van der Waals surface area contributed by atoms with Gasteiger partial charge in [-0.1, -0.05) is 0 Å². The van der Waals surface area contributed by atoms with Gasteiger partial charge in [0.25, 0.3) is 0 Å². The Morgan fingerprint density at radius 3 is 2.35 bits per heavy atom. The fourth-order valence-corrected chi connectivity index (χ4v) is 2.85. The van der Waals surface area contributed by atoms with E-state index in [4.69, 9.17) is 0 Å². The summed E-state index contributed by atoms with van der Waals surface area (Å²) < 4.78 is 1.32. The summed E-state index contributed by atoms with van der Waals surface area (Å²) in [6, 6.07) is 10.3. The van der Waals surface area contributed by atoms with Crippen LogP contribution in [0.25, 0.3) is 0 Å². The van der Waals surface area contributed by atoms with Gasteiger partial charge in [-0.2, -0.15) is 0 Å². The third-order valence-electron chi connectivity index (χ3n) is 2.13. The molecular weight excluding hydrogens is 275 g/mol. The molecule has 0 aliphatic rings. The molecule has 1 aromatic rings. The van der Waals surface area contributed by atoms with E-state index < -0.39 is 0 Å². The second kappa shape index (κ2) is 6.05. The van der Waals surface area contributed by atoms with E-state index in [-0.39, 0.29) is 16.0 Å². The molecule has 0 spiro atoms. The molecule has 0 heterocycles. The van der Waals surface area contributed by atoms with Gasteiger partial charge in [0.05, 0.1) is 0 Å². The molecule has 1 rings (SSSR count). The van der Waals surface area contributed by atoms with Gasteiger partial charge in [-0.15, -0.1) is 0 Å². The van der Waals surface area contributed by atoms with Crippen LogP contribution in [0.2, 0.25) is 4.82 Å². The normalized spacial score (nSPS) is 12.5. The average molecular weight is 293 g/mol. The summed E-state index contributed by atoms with van der Waals surface area (Å²) in [5, 5.41) is 0. The van der Waals surface area contributed by atoms with E-state index in [1.807, 2.05) is 39.0 Å². The Hall–Kier alpha value is -1.03. The summed E-state index contributed by atoms with van der Waals surface area (Å²) in [6.45, 7) is 7.78. The Labute approximate surface area is 110 Å². The van der Waals surface area contributed by atoms with E-state index in [0.717, 1.165) is 0 Å². The first-order valence-corrected chi connectivity index (χ1v) is 7.52. The van der Waals surface area contributed by atoms with Crippen molar-refractivity contribution in [1.82, 2.24) is 0 Å². The SMILES string of the molecule is CC(C#CC(=O)C(C)(C)C)[Se]c1ccccc1. The summed E-state index contributed by atoms with van der Waals surface area (Å²) >= 11 is 0.312. The Morgan fingerprint density at radius 2 is 1.82 bits per heavy atom. The number of ketones is 1. The Bertz CT molecular complexity index is 431. The van der Waals surface area contributed by atoms with Crippen LogP contribution in [0.3, 0.4) is 0 Å². The van der Waals surface area contributed by atoms with E-state index >= 15 is 0 Å². The van der Waals surface area contributed by atoms with Crippen LogP contribution in [0.15, 0.2) is 30.3 Å². The van der Waals surface area contributed by atoms with Crippen molar-refractivity contribution in [2.45, 2.75) is 32.5 Å². The van der Waals surface area contributed by atoms with Crippen LogP contribution in [0.1, 0.15) is 27.7 Å². The second-order valence-corrected chi connectivity index (χ2v) is 7.89. The quantitative estimate of drug-likeness (QED) is 0.465. The van der Waals surface area contributed by atoms with Crippen molar-refractivity contribution in [3.05, 3.63) is 30.3 Å². The van der Waals surface area contributed by atoms with Crippen molar-refractivity contribution >= 4 is 25.2 Å². The van der Waals surface area contributed by atoms with Crippen LogP contribution in [0.4, 0.5) is 0 Å². The van der Waals surface area contributed by atoms with Gasteiger partial charge < -0.3 is 0 Å². The number of carbonyl (C=O) groups is 1. The van der Waals surface area contributed by atoms with Crippen LogP contribution in [0, 0.1) is 17.3 Å². The zero-order valence-electron chi connectivity index (χ0n) is 10.8. The van der Waals surface area contributed by atoms with Crippen molar-refractivity contribution in [1.29, 1.82) is 0 Å². The third kappa shape index (κ3) is 5.22. The fraction of sp³-hybridized carbons (Fsp3) is 0.400. The number of carbonyl (C=O) groups excluding carboxylic acids is 1. The zero-order valence-corrected chi connectivity index (χ0v) is 12.5. The van der Waals surface area contributed by atoms with Crippen molar-refractivity contribution in [2.24, 2.45) is 5.41 Å². The van der Waals surface area contributed by atoms with Crippen LogP contribution in [-0.2, 0) is 4.79 Å². The van der Waals surface area contributed by atoms with Crippen molar-refractivity contribution in [2.75, 3.05) is 0 Å². The first-order valence-electron chi connectivity index (χ1n) is 5.67. The van der Waals surface area contributed by atoms with Gasteiger partial charge in [-0.25, -0.2) is 0 Å². The summed E-state index contributed by atoms with van der Waals surface area (Å²) in [5.41, 5.74) is -0.355. The maximum atomic E-state index is 11.7. The molecule has 2 heteroatoms. The standard InChI is InChI=1S/C15H18OSe/c1-12(10-11-14(16)15(2,3)4)17-13-8-6-5-7-9-13/h5-9,12H,1-4H3. The molecule has 0 radical (unpaired) electrons. The van der Waals surface area contributed by atoms with E-state index in [1.54, 1.807) is 0 Å². The molecule has 1 aromatic carbocycles. The molecule has 0 aliphatic carbocycles. The average Bonchev–Trinajstić information content (AvgIpc) is 2.26. The topological polar surface area (TPSA) is 17.1 Å². The molecule has 0 aliphatic heterocycles. The molecule has 1 nitrogen and oxygen atoms in total. The first kappa shape index (κ1) is 14.0. The van der Waals surface area contributed by atoms with Gasteiger partial charge in [0.15, 0.2) is 0 Å². The summed E-state index contributed by atoms with van der Waals surface area (Å²) in [4.78, 5) is 11.9. The summed E-state index contributed by atoms with van der Waals surface area (Å²) in [5.74, 6) is 5.86. The predicted octanol–water partition coefficient (Wildman–Crippen LogP) is 2.44. The zero-order chi connectivity index (χ0) is 12.9. The molecule has 0 bridgehead atoms. The van der Waals surface area contributed by atoms with Gasteiger partial charge in [0.2, 0.25) is 0 Å². The second-order valence-electron chi connectivity index (χ2n) is 4.92. The Kier molecular flexibility index (Phi) is 5.00. The summed E-state index contributed by atoms with van der Waals surface area (Å²) in [7, 11) is 0. The van der Waals surface area contributed by atoms with E-state index in [0.29, 0.717) is 15.0 Å². The van der Waals surface area contributed by atoms with E-state index in [9.17, 15) is 4.79 Å². The molecule has 1 unspecified atom stereocenters. The third-order valence-corrected chi connectivity index (χ3v) is 4.26. The van der Waals surface area contributed by atoms with E-state index in [2.05, 4.69) is 30.9 Å². The van der Waals surface area contributed by atoms with Gasteiger partial charge >= 0.3 is 110 Å². The number of Topliss-reactive ketones (excluding diaryl/α,β-unsaturated/α-hetero) is 1. The minimum atomic E-state index is -0.355. The predicted molar refractivity (Wildman–Crippen MR) is 73.5 cm³/mol. The monoisotopic (exact) mass is 294 g/mol. The number of hydrogen-bond acceptors (Lipinski definition) is 1. The van der Waals surface area contributed by atoms with Gasteiger partial charge in [-0.3, -0.25) is 0 Å². The number of rotatable bonds is 2. The molecule has 0 fully saturated rings. The molecule has 1 atom stereocenters. The summed E-state index contributed by atoms with van der Waals surface area (Å²) in [6.07, 6.45) is 0. The molecule has 17 heavy (non-hydrogen) atoms. The van der Waals surface area contributed by atoms with Crippen molar-refractivity contribution < 1.29 is 4.79 Å². The van der Waals surface area contributed by atoms with Crippen LogP contribution in [0.5, 0.6) is 0 Å². The van der Waals surface area contributed by atoms with Crippen molar-refractivity contribution in [3.8, 4) is 11.8 Å². The van der Waals surface area contributed by atoms with Crippen LogP contribution >= 0.6 is 0 Å². The minimum absolute atomic E-state index is 0.0215. The van der Waals surface area contributed by atoms with Gasteiger partial charge in [0.1, 0.15) is 0 Å². The van der Waals surface area contributed by atoms with Gasteiger partial charge in [0, 0.05) is 0 Å². The van der Waals surface area contributed by atoms with E-state index in [1.165, 1.54) is 4.46 Å². The fourth-order valence-electron chi connectivity index (χ4n) is 1.09. The number of hydrogen-bond donors (Lipinski definition) is 0. The molecule has 90 valence electrons. The number of benzene rings is 1. The molecular formula is C15H18OSe. The molecule has 0 amide bonds. The van der Waals surface area contributed by atoms with Crippen LogP contribution in [-0.4, -0.2) is 20.7 Å². The molecule has 0 saturated heterocycles. The van der Waals surface area contributed by atoms with Gasteiger partial charge in [-0.05, 0) is 0 Å². The molecule has 0 aromatic heterocycles.